The molecule has 1 fully saturated rings. The molecule has 1 aliphatic rings. The molecule has 2 rings (SSSR count). The number of carbonyl (C=O) groups excluding carboxylic acids is 2. The van der Waals surface area contributed by atoms with E-state index in [9.17, 15) is 9.59 Å². The molecule has 0 saturated carbocycles. The first-order valence-electron chi connectivity index (χ1n) is 7.13. The molecule has 1 heterocycles. The minimum atomic E-state index is -1.02. The van der Waals surface area contributed by atoms with Crippen molar-refractivity contribution in [3.63, 3.8) is 0 Å². The fraction of sp³-hybridized carbons (Fsp3) is 0.438. The second kappa shape index (κ2) is 5.96. The van der Waals surface area contributed by atoms with E-state index >= 15 is 0 Å². The molecule has 3 amide bonds. The molecule has 110 valence electrons. The van der Waals surface area contributed by atoms with E-state index < -0.39 is 5.54 Å². The predicted molar refractivity (Wildman–Crippen MR) is 78.3 cm³/mol. The van der Waals surface area contributed by atoms with Crippen molar-refractivity contribution >= 4 is 11.9 Å². The standard InChI is InChI=1S/C16H19N3O2/c1-3-12-6-8-13(9-7-12)16(2)14(20)19(15(21)18-16)11-5-4-10-17/h6-9H,3-5,11H2,1-2H3,(H,18,21). The molecule has 5 heteroatoms. The van der Waals surface area contributed by atoms with Crippen molar-refractivity contribution in [2.45, 2.75) is 38.6 Å². The molecule has 1 unspecified atom stereocenters. The largest absolute Gasteiger partial charge is 0.325 e. The number of unbranched alkanes of at least 4 members (excludes halogenated alkanes) is 1. The van der Waals surface area contributed by atoms with Crippen molar-refractivity contribution in [3.8, 4) is 6.07 Å². The minimum absolute atomic E-state index is 0.255. The van der Waals surface area contributed by atoms with Gasteiger partial charge < -0.3 is 5.32 Å². The summed E-state index contributed by atoms with van der Waals surface area (Å²) in [6.07, 6.45) is 1.76. The topological polar surface area (TPSA) is 73.2 Å². The van der Waals surface area contributed by atoms with Gasteiger partial charge in [-0.15, -0.1) is 0 Å². The number of amides is 3. The molecule has 0 radical (unpaired) electrons. The third-order valence-electron chi connectivity index (χ3n) is 3.88. The third-order valence-corrected chi connectivity index (χ3v) is 3.88. The van der Waals surface area contributed by atoms with Crippen molar-refractivity contribution in [1.82, 2.24) is 10.2 Å². The number of nitriles is 1. The summed E-state index contributed by atoms with van der Waals surface area (Å²) in [6.45, 7) is 4.06. The van der Waals surface area contributed by atoms with Gasteiger partial charge in [0.05, 0.1) is 6.07 Å². The van der Waals surface area contributed by atoms with Crippen molar-refractivity contribution in [3.05, 3.63) is 35.4 Å². The molecule has 0 bridgehead atoms. The monoisotopic (exact) mass is 285 g/mol. The lowest BCUT2D eigenvalue weighted by Crippen LogP contribution is -2.41. The van der Waals surface area contributed by atoms with Gasteiger partial charge in [-0.3, -0.25) is 9.69 Å². The Morgan fingerprint density at radius 2 is 1.95 bits per heavy atom. The van der Waals surface area contributed by atoms with E-state index in [1.165, 1.54) is 10.5 Å². The predicted octanol–water partition coefficient (Wildman–Crippen LogP) is 2.32. The second-order valence-electron chi connectivity index (χ2n) is 5.32. The van der Waals surface area contributed by atoms with Crippen LogP contribution in [0, 0.1) is 11.3 Å². The summed E-state index contributed by atoms with van der Waals surface area (Å²) in [6, 6.07) is 9.34. The van der Waals surface area contributed by atoms with Crippen LogP contribution in [0.25, 0.3) is 0 Å². The Balaban J connectivity index is 2.20. The Bertz CT molecular complexity index is 589. The summed E-state index contributed by atoms with van der Waals surface area (Å²) in [5, 5.41) is 11.3. The number of hydrogen-bond donors (Lipinski definition) is 1. The average Bonchev–Trinajstić information content (AvgIpc) is 2.71. The number of benzene rings is 1. The molecule has 1 atom stereocenters. The Kier molecular flexibility index (Phi) is 4.27. The van der Waals surface area contributed by atoms with E-state index in [1.807, 2.05) is 30.3 Å². The normalized spacial score (nSPS) is 21.3. The number of carbonyl (C=O) groups is 2. The lowest BCUT2D eigenvalue weighted by atomic mass is 9.91. The first kappa shape index (κ1) is 15.0. The molecule has 1 saturated heterocycles. The first-order chi connectivity index (χ1) is 10.0. The van der Waals surface area contributed by atoms with E-state index in [0.29, 0.717) is 12.8 Å². The molecular formula is C16H19N3O2. The van der Waals surface area contributed by atoms with Crippen molar-refractivity contribution in [2.75, 3.05) is 6.54 Å². The second-order valence-corrected chi connectivity index (χ2v) is 5.32. The zero-order chi connectivity index (χ0) is 15.5. The molecular weight excluding hydrogens is 266 g/mol. The highest BCUT2D eigenvalue weighted by Crippen LogP contribution is 2.29. The molecule has 1 aliphatic heterocycles. The lowest BCUT2D eigenvalue weighted by molar-refractivity contribution is -0.131. The van der Waals surface area contributed by atoms with Gasteiger partial charge in [0.2, 0.25) is 0 Å². The summed E-state index contributed by atoms with van der Waals surface area (Å²) in [7, 11) is 0. The van der Waals surface area contributed by atoms with E-state index in [4.69, 9.17) is 5.26 Å². The summed E-state index contributed by atoms with van der Waals surface area (Å²) in [5.41, 5.74) is 0.946. The van der Waals surface area contributed by atoms with E-state index in [0.717, 1.165) is 12.0 Å². The van der Waals surface area contributed by atoms with Gasteiger partial charge in [0.25, 0.3) is 5.91 Å². The highest BCUT2D eigenvalue weighted by atomic mass is 16.2. The van der Waals surface area contributed by atoms with Crippen LogP contribution in [0.5, 0.6) is 0 Å². The van der Waals surface area contributed by atoms with Gasteiger partial charge in [0, 0.05) is 13.0 Å². The van der Waals surface area contributed by atoms with Gasteiger partial charge in [-0.05, 0) is 30.9 Å². The maximum Gasteiger partial charge on any atom is 0.325 e. The molecule has 0 spiro atoms. The minimum Gasteiger partial charge on any atom is -0.319 e. The van der Waals surface area contributed by atoms with Gasteiger partial charge >= 0.3 is 6.03 Å². The Labute approximate surface area is 124 Å². The zero-order valence-corrected chi connectivity index (χ0v) is 12.3. The molecule has 21 heavy (non-hydrogen) atoms. The molecule has 5 nitrogen and oxygen atoms in total. The summed E-state index contributed by atoms with van der Waals surface area (Å²) < 4.78 is 0. The van der Waals surface area contributed by atoms with Crippen LogP contribution in [-0.4, -0.2) is 23.4 Å². The highest BCUT2D eigenvalue weighted by Gasteiger charge is 2.48. The van der Waals surface area contributed by atoms with Gasteiger partial charge in [0.1, 0.15) is 5.54 Å². The van der Waals surface area contributed by atoms with Crippen LogP contribution in [0.1, 0.15) is 37.8 Å². The van der Waals surface area contributed by atoms with Crippen LogP contribution >= 0.6 is 0 Å². The highest BCUT2D eigenvalue weighted by molar-refractivity contribution is 6.07. The van der Waals surface area contributed by atoms with Crippen LogP contribution in [0.15, 0.2) is 24.3 Å². The third kappa shape index (κ3) is 2.75. The van der Waals surface area contributed by atoms with E-state index in [1.54, 1.807) is 6.92 Å². The fourth-order valence-electron chi connectivity index (χ4n) is 2.49. The van der Waals surface area contributed by atoms with Gasteiger partial charge in [-0.1, -0.05) is 31.2 Å². The van der Waals surface area contributed by atoms with Crippen molar-refractivity contribution < 1.29 is 9.59 Å². The number of nitrogens with zero attached hydrogens (tertiary/aromatic N) is 2. The summed E-state index contributed by atoms with van der Waals surface area (Å²) in [5.74, 6) is -0.255. The number of imide groups is 1. The van der Waals surface area contributed by atoms with Crippen LogP contribution in [0.2, 0.25) is 0 Å². The molecule has 1 aromatic rings. The molecule has 0 aromatic heterocycles. The van der Waals surface area contributed by atoms with E-state index in [-0.39, 0.29) is 18.5 Å². The van der Waals surface area contributed by atoms with Gasteiger partial charge in [-0.2, -0.15) is 5.26 Å². The first-order valence-corrected chi connectivity index (χ1v) is 7.13. The summed E-state index contributed by atoms with van der Waals surface area (Å²) >= 11 is 0. The molecule has 1 aromatic carbocycles. The SMILES string of the molecule is CCc1ccc(C2(C)NC(=O)N(CCCC#N)C2=O)cc1. The van der Waals surface area contributed by atoms with Gasteiger partial charge in [0.15, 0.2) is 0 Å². The smallest absolute Gasteiger partial charge is 0.319 e. The fourth-order valence-corrected chi connectivity index (χ4v) is 2.49. The quantitative estimate of drug-likeness (QED) is 0.666. The maximum atomic E-state index is 12.5. The number of aryl methyl sites for hydroxylation is 1. The van der Waals surface area contributed by atoms with Gasteiger partial charge in [-0.25, -0.2) is 4.79 Å². The number of nitrogens with one attached hydrogen (secondary N) is 1. The van der Waals surface area contributed by atoms with E-state index in [2.05, 4.69) is 12.2 Å². The van der Waals surface area contributed by atoms with Crippen molar-refractivity contribution in [2.24, 2.45) is 0 Å². The Hall–Kier alpha value is -2.35. The number of hydrogen-bond acceptors (Lipinski definition) is 3. The van der Waals surface area contributed by atoms with Crippen molar-refractivity contribution in [1.29, 1.82) is 5.26 Å². The molecule has 0 aliphatic carbocycles. The lowest BCUT2D eigenvalue weighted by Gasteiger charge is -2.22. The Morgan fingerprint density at radius 3 is 2.52 bits per heavy atom. The number of rotatable bonds is 5. The summed E-state index contributed by atoms with van der Waals surface area (Å²) in [4.78, 5) is 25.7. The maximum absolute atomic E-state index is 12.5. The zero-order valence-electron chi connectivity index (χ0n) is 12.3. The van der Waals surface area contributed by atoms with Crippen LogP contribution in [0.3, 0.4) is 0 Å². The van der Waals surface area contributed by atoms with Crippen LogP contribution in [-0.2, 0) is 16.8 Å². The Morgan fingerprint density at radius 1 is 1.29 bits per heavy atom. The van der Waals surface area contributed by atoms with Crippen LogP contribution < -0.4 is 5.32 Å². The number of urea groups is 1. The van der Waals surface area contributed by atoms with Crippen LogP contribution in [0.4, 0.5) is 4.79 Å². The molecule has 1 N–H and O–H groups in total. The average molecular weight is 285 g/mol.